The lowest BCUT2D eigenvalue weighted by atomic mass is 9.95. The van der Waals surface area contributed by atoms with Crippen LogP contribution in [0.1, 0.15) is 0 Å². The van der Waals surface area contributed by atoms with Gasteiger partial charge >= 0.3 is 0 Å². The molecule has 0 radical (unpaired) electrons. The number of para-hydroxylation sites is 7. The van der Waals surface area contributed by atoms with Crippen LogP contribution in [0.4, 0.5) is 0 Å². The van der Waals surface area contributed by atoms with E-state index in [2.05, 4.69) is 475 Å². The van der Waals surface area contributed by atoms with Crippen molar-refractivity contribution in [1.82, 2.24) is 13.7 Å². The Kier molecular flexibility index (Phi) is 18.2. The second kappa shape index (κ2) is 31.8. The van der Waals surface area contributed by atoms with Gasteiger partial charge in [0.25, 0.3) is 0 Å². The summed E-state index contributed by atoms with van der Waals surface area (Å²) in [6, 6.07) is 168. The zero-order chi connectivity index (χ0) is 89.9. The van der Waals surface area contributed by atoms with E-state index in [9.17, 15) is 0 Å². The van der Waals surface area contributed by atoms with E-state index >= 15 is 0 Å². The van der Waals surface area contributed by atoms with Crippen LogP contribution in [0.2, 0.25) is 0 Å². The third kappa shape index (κ3) is 12.7. The smallest absolute Gasteiger partial charge is 0.143 e. The molecule has 0 atom stereocenters. The van der Waals surface area contributed by atoms with Crippen molar-refractivity contribution in [2.75, 3.05) is 0 Å². The molecule has 0 amide bonds. The second-order valence-electron chi connectivity index (χ2n) is 35.5. The Morgan fingerprint density at radius 1 is 0.161 bits per heavy atom. The van der Waals surface area contributed by atoms with Crippen molar-refractivity contribution in [3.63, 3.8) is 0 Å². The Morgan fingerprint density at radius 3 is 0.949 bits per heavy atom. The van der Waals surface area contributed by atoms with Gasteiger partial charge in [-0.15, -0.1) is 34.0 Å². The molecule has 30 rings (SSSR count). The predicted octanol–water partition coefficient (Wildman–Crippen LogP) is 37.7. The summed E-state index contributed by atoms with van der Waals surface area (Å²) in [7, 11) is 0. The number of hydrogen-bond acceptors (Lipinski definition) is 6. The number of aromatic nitrogens is 3. The molecule has 0 N–H and O–H groups in total. The summed E-state index contributed by atoms with van der Waals surface area (Å²) in [5.74, 6) is 0. The number of fused-ring (bicyclic) bond motifs is 27. The van der Waals surface area contributed by atoms with Crippen LogP contribution in [0.15, 0.2) is 480 Å². The fraction of sp³-hybridized carbons (Fsp3) is 0. The van der Waals surface area contributed by atoms with E-state index in [-0.39, 0.29) is 0 Å². The van der Waals surface area contributed by atoms with Crippen LogP contribution in [0.25, 0.3) is 276 Å². The first-order chi connectivity index (χ1) is 68.0. The number of nitrogens with zero attached hydrogens (tertiary/aromatic N) is 3. The molecule has 0 saturated carbocycles. The summed E-state index contributed by atoms with van der Waals surface area (Å²) in [5, 5.41) is 19.5. The molecule has 6 nitrogen and oxygen atoms in total. The number of rotatable bonds is 10. The molecular formula is C128H77N3O3S3. The summed E-state index contributed by atoms with van der Waals surface area (Å²) >= 11 is 5.70. The summed E-state index contributed by atoms with van der Waals surface area (Å²) < 4.78 is 34.6. The summed E-state index contributed by atoms with van der Waals surface area (Å²) in [5.41, 5.74) is 33.5. The molecule has 137 heavy (non-hydrogen) atoms. The van der Waals surface area contributed by atoms with E-state index in [1.54, 1.807) is 0 Å². The molecule has 21 aromatic carbocycles. The Labute approximate surface area is 797 Å². The van der Waals surface area contributed by atoms with Gasteiger partial charge in [-0.3, -0.25) is 0 Å². The lowest BCUT2D eigenvalue weighted by Crippen LogP contribution is -1.92. The van der Waals surface area contributed by atoms with Gasteiger partial charge in [-0.25, -0.2) is 0 Å². The minimum absolute atomic E-state index is 0.908. The fourth-order valence-corrected chi connectivity index (χ4v) is 25.6. The van der Waals surface area contributed by atoms with Gasteiger partial charge in [0.05, 0.1) is 47.2 Å². The highest BCUT2D eigenvalue weighted by Gasteiger charge is 2.27. The number of hydrogen-bond donors (Lipinski definition) is 0. The quantitative estimate of drug-likeness (QED) is 0.137. The van der Waals surface area contributed by atoms with E-state index in [4.69, 9.17) is 13.3 Å². The fourth-order valence-electron chi connectivity index (χ4n) is 21.6. The van der Waals surface area contributed by atoms with Crippen molar-refractivity contribution >= 4 is 215 Å². The van der Waals surface area contributed by atoms with Crippen LogP contribution < -0.4 is 0 Å². The van der Waals surface area contributed by atoms with Crippen molar-refractivity contribution in [3.05, 3.63) is 467 Å². The molecule has 9 heterocycles. The molecule has 30 aromatic rings. The maximum absolute atomic E-state index is 6.53. The first kappa shape index (κ1) is 78.5. The average Bonchev–Trinajstić information content (AvgIpc) is 1.56. The van der Waals surface area contributed by atoms with Gasteiger partial charge in [0, 0.05) is 107 Å². The van der Waals surface area contributed by atoms with Gasteiger partial charge in [0.2, 0.25) is 0 Å². The SMILES string of the molecule is c1ccc(-c2cccc3c2oc2cccc(-c4ccc(-c5cccc6c5sc5c7ccccc7n(-c7ccccc7)c65)cc4)c23)cc1.c1ccc(-n2c3ccccc3c3sc4c(-c5ccc(-c6ccc7c(c6)oc6cc8ccccc8cc67)cc5)cccc4c32)cc1.c1ccc(-n2c3ccccc3c3sc4c(-c5ccc(-c6cccc7oc8c9ccccc9ccc8c67)cc5)cccc4c32)cc1. The van der Waals surface area contributed by atoms with Gasteiger partial charge in [0.1, 0.15) is 33.5 Å². The van der Waals surface area contributed by atoms with Gasteiger partial charge in [0.15, 0.2) is 0 Å². The standard InChI is InChI=1S/C44H27NOS.2C42H25NOS/c1-3-12-28(13-4-1)33-18-9-20-36-40-32(17-11-23-39(40)46-42(33)36)29-24-26-30(27-25-29)34-19-10-21-37-41-44(47-43(34)37)35-16-7-8-22-38(35)45(41)31-14-5-2-6-15-31;1-2-11-29(12-3-1)43-36-18-7-6-14-33(36)42-39(43)35-17-8-16-32(41(35)45-42)28-22-20-27(21-23-28)30-15-9-19-37-38(30)34-25-24-26-10-4-5-13-31(26)40(34)44-37;1-2-11-31(12-3-1)43-37-16-7-6-13-34(37)42-40(43)35-15-8-14-32(41(35)45-42)27-19-17-26(18-20-27)30-21-22-33-36-23-28-9-4-5-10-29(28)24-39(36)44-38(33)25-30/h1-27H;2*1-25H. The molecule has 0 bridgehead atoms. The van der Waals surface area contributed by atoms with E-state index < -0.39 is 0 Å². The Balaban J connectivity index is 0.000000102. The largest absolute Gasteiger partial charge is 0.456 e. The van der Waals surface area contributed by atoms with E-state index in [0.717, 1.165) is 82.5 Å². The minimum Gasteiger partial charge on any atom is -0.456 e. The van der Waals surface area contributed by atoms with Crippen LogP contribution in [-0.4, -0.2) is 13.7 Å². The van der Waals surface area contributed by atoms with E-state index in [1.165, 1.54) is 193 Å². The molecule has 0 unspecified atom stereocenters. The Hall–Kier alpha value is -17.2. The van der Waals surface area contributed by atoms with Crippen LogP contribution in [-0.2, 0) is 0 Å². The number of thiophene rings is 3. The molecule has 0 spiro atoms. The highest BCUT2D eigenvalue weighted by atomic mass is 32.1. The predicted molar refractivity (Wildman–Crippen MR) is 583 cm³/mol. The van der Waals surface area contributed by atoms with Crippen molar-refractivity contribution < 1.29 is 13.3 Å². The molecular weight excluding hydrogens is 1720 g/mol. The lowest BCUT2D eigenvalue weighted by Gasteiger charge is -2.09. The first-order valence-corrected chi connectivity index (χ1v) is 48.9. The van der Waals surface area contributed by atoms with Gasteiger partial charge in [-0.05, 0) is 186 Å². The van der Waals surface area contributed by atoms with Crippen molar-refractivity contribution in [3.8, 4) is 95.0 Å². The summed E-state index contributed by atoms with van der Waals surface area (Å²) in [4.78, 5) is 0. The molecule has 9 aromatic heterocycles. The average molecular weight is 1800 g/mol. The molecule has 0 fully saturated rings. The second-order valence-corrected chi connectivity index (χ2v) is 38.5. The van der Waals surface area contributed by atoms with Gasteiger partial charge in [-0.2, -0.15) is 0 Å². The Bertz CT molecular complexity index is 10100. The summed E-state index contributed by atoms with van der Waals surface area (Å²) in [6.07, 6.45) is 0. The third-order valence-electron chi connectivity index (χ3n) is 27.8. The van der Waals surface area contributed by atoms with E-state index in [1.807, 2.05) is 40.1 Å². The first-order valence-electron chi connectivity index (χ1n) is 46.5. The monoisotopic (exact) mass is 1800 g/mol. The van der Waals surface area contributed by atoms with Crippen LogP contribution in [0.3, 0.4) is 0 Å². The zero-order valence-corrected chi connectivity index (χ0v) is 76.2. The van der Waals surface area contributed by atoms with Crippen molar-refractivity contribution in [1.29, 1.82) is 0 Å². The number of furan rings is 3. The highest BCUT2D eigenvalue weighted by molar-refractivity contribution is 7.28. The number of benzene rings is 21. The molecule has 0 aliphatic heterocycles. The molecule has 640 valence electrons. The molecule has 0 aliphatic rings. The van der Waals surface area contributed by atoms with Crippen LogP contribution >= 0.6 is 34.0 Å². The van der Waals surface area contributed by atoms with Crippen molar-refractivity contribution in [2.24, 2.45) is 0 Å². The Morgan fingerprint density at radius 2 is 0.482 bits per heavy atom. The van der Waals surface area contributed by atoms with Gasteiger partial charge in [-0.1, -0.05) is 370 Å². The minimum atomic E-state index is 0.908. The van der Waals surface area contributed by atoms with Crippen LogP contribution in [0, 0.1) is 0 Å². The third-order valence-corrected chi connectivity index (χ3v) is 31.6. The molecule has 0 saturated heterocycles. The maximum Gasteiger partial charge on any atom is 0.143 e. The normalized spacial score (nSPS) is 11.9. The topological polar surface area (TPSA) is 54.2 Å². The lowest BCUT2D eigenvalue weighted by molar-refractivity contribution is 0.669. The van der Waals surface area contributed by atoms with Gasteiger partial charge < -0.3 is 27.0 Å². The highest BCUT2D eigenvalue weighted by Crippen LogP contribution is 2.52. The van der Waals surface area contributed by atoms with E-state index in [0.29, 0.717) is 0 Å². The molecule has 9 heteroatoms. The maximum atomic E-state index is 6.53. The van der Waals surface area contributed by atoms with Crippen LogP contribution in [0.5, 0.6) is 0 Å². The van der Waals surface area contributed by atoms with Crippen molar-refractivity contribution in [2.45, 2.75) is 0 Å². The summed E-state index contributed by atoms with van der Waals surface area (Å²) in [6.45, 7) is 0. The zero-order valence-electron chi connectivity index (χ0n) is 73.7. The molecule has 0 aliphatic carbocycles.